The summed E-state index contributed by atoms with van der Waals surface area (Å²) >= 11 is -0.255. The average molecular weight is 368 g/mol. The van der Waals surface area contributed by atoms with E-state index in [-0.39, 0.29) is 28.8 Å². The molecule has 1 aromatic carbocycles. The molecule has 0 heterocycles. The van der Waals surface area contributed by atoms with Crippen molar-refractivity contribution in [1.29, 1.82) is 5.26 Å². The van der Waals surface area contributed by atoms with E-state index < -0.39 is 17.0 Å². The SMILES string of the molecule is CC(C#N)(COC1=CC=CC1)NC(=O)c1ccc(SC(F)(F)F)cc1. The van der Waals surface area contributed by atoms with Crippen LogP contribution in [0.4, 0.5) is 13.2 Å². The number of hydrogen-bond donors (Lipinski definition) is 1. The fourth-order valence-electron chi connectivity index (χ4n) is 2.00. The van der Waals surface area contributed by atoms with Gasteiger partial charge in [-0.3, -0.25) is 4.79 Å². The van der Waals surface area contributed by atoms with Crippen molar-refractivity contribution >= 4 is 17.7 Å². The normalized spacial score (nSPS) is 15.9. The van der Waals surface area contributed by atoms with E-state index in [4.69, 9.17) is 4.74 Å². The molecule has 1 unspecified atom stereocenters. The lowest BCUT2D eigenvalue weighted by atomic mass is 10.1. The van der Waals surface area contributed by atoms with Gasteiger partial charge in [-0.05, 0) is 49.0 Å². The summed E-state index contributed by atoms with van der Waals surface area (Å²) in [6, 6.07) is 6.98. The molecule has 0 aromatic heterocycles. The number of ether oxygens (including phenoxy) is 1. The van der Waals surface area contributed by atoms with Gasteiger partial charge >= 0.3 is 5.51 Å². The van der Waals surface area contributed by atoms with E-state index in [0.29, 0.717) is 12.2 Å². The molecule has 1 amide bonds. The summed E-state index contributed by atoms with van der Waals surface area (Å²) in [5.41, 5.74) is -5.49. The second-order valence-corrected chi connectivity index (χ2v) is 6.66. The molecule has 2 rings (SSSR count). The highest BCUT2D eigenvalue weighted by Gasteiger charge is 2.30. The van der Waals surface area contributed by atoms with Crippen LogP contribution in [-0.2, 0) is 4.74 Å². The van der Waals surface area contributed by atoms with Gasteiger partial charge in [0.15, 0.2) is 5.54 Å². The van der Waals surface area contributed by atoms with Crippen LogP contribution < -0.4 is 5.32 Å². The fraction of sp³-hybridized carbons (Fsp3) is 0.294. The van der Waals surface area contributed by atoms with Gasteiger partial charge in [-0.15, -0.1) is 0 Å². The van der Waals surface area contributed by atoms with Crippen LogP contribution in [0.5, 0.6) is 0 Å². The summed E-state index contributed by atoms with van der Waals surface area (Å²) in [5, 5.41) is 11.9. The standard InChI is InChI=1S/C17H15F3N2O2S/c1-16(10-21,11-24-13-4-2-3-5-13)22-15(23)12-6-8-14(9-7-12)25-17(18,19)20/h2-4,6-9H,5,11H2,1H3,(H,22,23). The molecule has 1 aliphatic rings. The number of carbonyl (C=O) groups is 1. The molecule has 0 saturated carbocycles. The van der Waals surface area contributed by atoms with E-state index in [1.807, 2.05) is 18.2 Å². The smallest absolute Gasteiger partial charge is 0.446 e. The fourth-order valence-corrected chi connectivity index (χ4v) is 2.54. The molecular weight excluding hydrogens is 353 g/mol. The predicted octanol–water partition coefficient (Wildman–Crippen LogP) is 4.17. The van der Waals surface area contributed by atoms with Crippen molar-refractivity contribution < 1.29 is 22.7 Å². The lowest BCUT2D eigenvalue weighted by Crippen LogP contribution is -2.48. The Kier molecular flexibility index (Phi) is 5.80. The van der Waals surface area contributed by atoms with Gasteiger partial charge in [-0.1, -0.05) is 12.2 Å². The molecule has 0 spiro atoms. The Bertz CT molecular complexity index is 736. The molecule has 4 nitrogen and oxygen atoms in total. The first kappa shape index (κ1) is 18.9. The topological polar surface area (TPSA) is 62.1 Å². The van der Waals surface area contributed by atoms with Crippen LogP contribution in [0.2, 0.25) is 0 Å². The number of nitrogens with zero attached hydrogens (tertiary/aromatic N) is 1. The molecular formula is C17H15F3N2O2S. The van der Waals surface area contributed by atoms with Crippen molar-refractivity contribution in [2.24, 2.45) is 0 Å². The summed E-state index contributed by atoms with van der Waals surface area (Å²) in [6.07, 6.45) is 6.14. The van der Waals surface area contributed by atoms with E-state index in [2.05, 4.69) is 5.32 Å². The molecule has 25 heavy (non-hydrogen) atoms. The number of amides is 1. The van der Waals surface area contributed by atoms with Gasteiger partial charge in [0.1, 0.15) is 6.61 Å². The monoisotopic (exact) mass is 368 g/mol. The number of benzene rings is 1. The molecule has 1 aromatic rings. The van der Waals surface area contributed by atoms with Crippen molar-refractivity contribution in [3.8, 4) is 6.07 Å². The number of allylic oxidation sites excluding steroid dienone is 3. The van der Waals surface area contributed by atoms with Crippen LogP contribution in [0.3, 0.4) is 0 Å². The average Bonchev–Trinajstić information content (AvgIpc) is 3.05. The van der Waals surface area contributed by atoms with E-state index >= 15 is 0 Å². The molecule has 1 atom stereocenters. The number of hydrogen-bond acceptors (Lipinski definition) is 4. The van der Waals surface area contributed by atoms with Gasteiger partial charge < -0.3 is 10.1 Å². The van der Waals surface area contributed by atoms with Gasteiger partial charge in [-0.2, -0.15) is 18.4 Å². The summed E-state index contributed by atoms with van der Waals surface area (Å²) < 4.78 is 42.4. The zero-order chi connectivity index (χ0) is 18.5. The van der Waals surface area contributed by atoms with Crippen LogP contribution in [0.25, 0.3) is 0 Å². The number of rotatable bonds is 6. The third-order valence-corrected chi connectivity index (χ3v) is 4.01. The van der Waals surface area contributed by atoms with Crippen molar-refractivity contribution in [1.82, 2.24) is 5.32 Å². The maximum atomic E-state index is 12.3. The van der Waals surface area contributed by atoms with Gasteiger partial charge in [0.25, 0.3) is 5.91 Å². The number of nitrogens with one attached hydrogen (secondary N) is 1. The van der Waals surface area contributed by atoms with E-state index in [9.17, 15) is 23.2 Å². The van der Waals surface area contributed by atoms with Crippen LogP contribution >= 0.6 is 11.8 Å². The van der Waals surface area contributed by atoms with Crippen molar-refractivity contribution in [3.63, 3.8) is 0 Å². The minimum atomic E-state index is -4.38. The van der Waals surface area contributed by atoms with Crippen LogP contribution in [0.1, 0.15) is 23.7 Å². The van der Waals surface area contributed by atoms with Gasteiger partial charge in [-0.25, -0.2) is 0 Å². The first-order valence-corrected chi connectivity index (χ1v) is 8.10. The van der Waals surface area contributed by atoms with Crippen molar-refractivity contribution in [2.45, 2.75) is 29.3 Å². The minimum Gasteiger partial charge on any atom is -0.494 e. The Morgan fingerprint density at radius 1 is 1.36 bits per heavy atom. The maximum Gasteiger partial charge on any atom is 0.446 e. The number of carbonyl (C=O) groups excluding carboxylic acids is 1. The van der Waals surface area contributed by atoms with E-state index in [0.717, 1.165) is 0 Å². The number of halogens is 3. The maximum absolute atomic E-state index is 12.3. The molecule has 1 aliphatic carbocycles. The second kappa shape index (κ2) is 7.66. The first-order chi connectivity index (χ1) is 11.7. The lowest BCUT2D eigenvalue weighted by molar-refractivity contribution is -0.0328. The molecule has 0 bridgehead atoms. The van der Waals surface area contributed by atoms with Crippen LogP contribution in [0, 0.1) is 11.3 Å². The molecule has 0 fully saturated rings. The Balaban J connectivity index is 1.97. The van der Waals surface area contributed by atoms with Crippen molar-refractivity contribution in [3.05, 3.63) is 53.8 Å². The van der Waals surface area contributed by atoms with E-state index in [1.165, 1.54) is 31.2 Å². The molecule has 132 valence electrons. The number of thioether (sulfide) groups is 1. The molecule has 0 saturated heterocycles. The molecule has 0 radical (unpaired) electrons. The lowest BCUT2D eigenvalue weighted by Gasteiger charge is -2.24. The minimum absolute atomic E-state index is 0.0175. The molecule has 0 aliphatic heterocycles. The Labute approximate surface area is 147 Å². The van der Waals surface area contributed by atoms with Gasteiger partial charge in [0, 0.05) is 16.9 Å². The molecule has 8 heteroatoms. The van der Waals surface area contributed by atoms with Crippen LogP contribution in [-0.4, -0.2) is 23.6 Å². The van der Waals surface area contributed by atoms with E-state index in [1.54, 1.807) is 6.08 Å². The Morgan fingerprint density at radius 3 is 2.56 bits per heavy atom. The zero-order valence-electron chi connectivity index (χ0n) is 13.3. The summed E-state index contributed by atoms with van der Waals surface area (Å²) in [7, 11) is 0. The quantitative estimate of drug-likeness (QED) is 0.766. The first-order valence-electron chi connectivity index (χ1n) is 7.29. The van der Waals surface area contributed by atoms with Crippen molar-refractivity contribution in [2.75, 3.05) is 6.61 Å². The number of alkyl halides is 3. The van der Waals surface area contributed by atoms with Gasteiger partial charge in [0.2, 0.25) is 0 Å². The second-order valence-electron chi connectivity index (χ2n) is 5.52. The molecule has 1 N–H and O–H groups in total. The third kappa shape index (κ3) is 5.87. The highest BCUT2D eigenvalue weighted by molar-refractivity contribution is 8.00. The summed E-state index contributed by atoms with van der Waals surface area (Å²) in [4.78, 5) is 12.2. The zero-order valence-corrected chi connectivity index (χ0v) is 14.1. The highest BCUT2D eigenvalue weighted by atomic mass is 32.2. The summed E-state index contributed by atoms with van der Waals surface area (Å²) in [5.74, 6) is 0.138. The number of nitriles is 1. The third-order valence-electron chi connectivity index (χ3n) is 3.27. The highest BCUT2D eigenvalue weighted by Crippen LogP contribution is 2.36. The van der Waals surface area contributed by atoms with Gasteiger partial charge in [0.05, 0.1) is 11.8 Å². The Morgan fingerprint density at radius 2 is 2.04 bits per heavy atom. The Hall–Kier alpha value is -2.40. The van der Waals surface area contributed by atoms with Crippen LogP contribution in [0.15, 0.2) is 53.1 Å². The largest absolute Gasteiger partial charge is 0.494 e. The predicted molar refractivity (Wildman–Crippen MR) is 87.6 cm³/mol. The summed E-state index contributed by atoms with van der Waals surface area (Å²) in [6.45, 7) is 1.48.